The van der Waals surface area contributed by atoms with Crippen molar-refractivity contribution >= 4 is 10.8 Å². The molecule has 0 heterocycles. The van der Waals surface area contributed by atoms with E-state index in [9.17, 15) is 0 Å². The number of hydrogen-bond acceptors (Lipinski definition) is 0. The summed E-state index contributed by atoms with van der Waals surface area (Å²) in [5, 5.41) is 2.74. The zero-order chi connectivity index (χ0) is 17.8. The largest absolute Gasteiger partial charge is 0.0683 e. The summed E-state index contributed by atoms with van der Waals surface area (Å²) in [4.78, 5) is 0. The van der Waals surface area contributed by atoms with Gasteiger partial charge >= 0.3 is 0 Å². The van der Waals surface area contributed by atoms with E-state index in [0.717, 1.165) is 6.42 Å². The molecule has 0 aliphatic rings. The van der Waals surface area contributed by atoms with Crippen LogP contribution in [-0.4, -0.2) is 0 Å². The SMILES string of the molecule is CC.CCC(C)c1ccccc1.CCc1cccc2ccccc12. The van der Waals surface area contributed by atoms with E-state index < -0.39 is 0 Å². The van der Waals surface area contributed by atoms with Gasteiger partial charge in [0.15, 0.2) is 0 Å². The predicted octanol–water partition coefficient (Wildman–Crippen LogP) is 7.63. The van der Waals surface area contributed by atoms with E-state index in [-0.39, 0.29) is 0 Å². The van der Waals surface area contributed by atoms with E-state index in [1.807, 2.05) is 13.8 Å². The molecule has 0 bridgehead atoms. The smallest absolute Gasteiger partial charge is 0.0152 e. The van der Waals surface area contributed by atoms with Crippen molar-refractivity contribution in [2.45, 2.75) is 53.4 Å². The van der Waals surface area contributed by atoms with Crippen molar-refractivity contribution < 1.29 is 0 Å². The van der Waals surface area contributed by atoms with Crippen LogP contribution in [0, 0.1) is 0 Å². The van der Waals surface area contributed by atoms with Crippen LogP contribution in [0.15, 0.2) is 72.8 Å². The highest BCUT2D eigenvalue weighted by Gasteiger charge is 1.99. The van der Waals surface area contributed by atoms with Crippen molar-refractivity contribution in [3.8, 4) is 0 Å². The first-order chi connectivity index (χ1) is 11.8. The maximum atomic E-state index is 2.26. The second kappa shape index (κ2) is 11.5. The first kappa shape index (κ1) is 20.0. The van der Waals surface area contributed by atoms with Crippen molar-refractivity contribution in [1.29, 1.82) is 0 Å². The average Bonchev–Trinajstić information content (AvgIpc) is 2.69. The third kappa shape index (κ3) is 5.85. The van der Waals surface area contributed by atoms with E-state index in [2.05, 4.69) is 93.6 Å². The van der Waals surface area contributed by atoms with Gasteiger partial charge in [-0.05, 0) is 40.7 Å². The topological polar surface area (TPSA) is 0 Å². The lowest BCUT2D eigenvalue weighted by atomic mass is 9.99. The van der Waals surface area contributed by atoms with E-state index in [1.165, 1.54) is 28.3 Å². The first-order valence-electron chi connectivity index (χ1n) is 9.27. The molecule has 0 nitrogen and oxygen atoms in total. The molecular weight excluding hydrogens is 288 g/mol. The average molecular weight is 321 g/mol. The van der Waals surface area contributed by atoms with Gasteiger partial charge in [-0.25, -0.2) is 0 Å². The zero-order valence-electron chi connectivity index (χ0n) is 15.9. The Hall–Kier alpha value is -2.08. The van der Waals surface area contributed by atoms with Gasteiger partial charge in [0, 0.05) is 0 Å². The summed E-state index contributed by atoms with van der Waals surface area (Å²) in [5.74, 6) is 0.709. The highest BCUT2D eigenvalue weighted by Crippen LogP contribution is 2.18. The summed E-state index contributed by atoms with van der Waals surface area (Å²) >= 11 is 0. The molecular formula is C24H32. The molecule has 0 radical (unpaired) electrons. The fourth-order valence-electron chi connectivity index (χ4n) is 2.62. The normalized spacial score (nSPS) is 10.9. The Labute approximate surface area is 148 Å². The second-order valence-electron chi connectivity index (χ2n) is 5.71. The van der Waals surface area contributed by atoms with Crippen LogP contribution in [0.5, 0.6) is 0 Å². The van der Waals surface area contributed by atoms with Crippen LogP contribution >= 0.6 is 0 Å². The number of benzene rings is 3. The molecule has 0 aromatic heterocycles. The molecule has 128 valence electrons. The van der Waals surface area contributed by atoms with Gasteiger partial charge < -0.3 is 0 Å². The molecule has 1 atom stereocenters. The summed E-state index contributed by atoms with van der Waals surface area (Å²) in [6.07, 6.45) is 2.34. The molecule has 0 spiro atoms. The molecule has 3 aromatic rings. The predicted molar refractivity (Wildman–Crippen MR) is 110 cm³/mol. The van der Waals surface area contributed by atoms with Crippen LogP contribution < -0.4 is 0 Å². The van der Waals surface area contributed by atoms with Crippen molar-refractivity contribution in [2.24, 2.45) is 0 Å². The van der Waals surface area contributed by atoms with Gasteiger partial charge in [-0.15, -0.1) is 0 Å². The quantitative estimate of drug-likeness (QED) is 0.465. The van der Waals surface area contributed by atoms with Crippen molar-refractivity contribution in [1.82, 2.24) is 0 Å². The highest BCUT2D eigenvalue weighted by molar-refractivity contribution is 5.85. The molecule has 24 heavy (non-hydrogen) atoms. The minimum absolute atomic E-state index is 0.709. The fourth-order valence-corrected chi connectivity index (χ4v) is 2.62. The Balaban J connectivity index is 0.000000221. The maximum absolute atomic E-state index is 2.26. The third-order valence-corrected chi connectivity index (χ3v) is 4.24. The molecule has 0 aliphatic carbocycles. The van der Waals surface area contributed by atoms with Crippen LogP contribution in [0.4, 0.5) is 0 Å². The Morgan fingerprint density at radius 3 is 1.92 bits per heavy atom. The molecule has 0 N–H and O–H groups in total. The monoisotopic (exact) mass is 320 g/mol. The lowest BCUT2D eigenvalue weighted by Gasteiger charge is -2.06. The van der Waals surface area contributed by atoms with Gasteiger partial charge in [0.1, 0.15) is 0 Å². The van der Waals surface area contributed by atoms with Gasteiger partial charge in [-0.3, -0.25) is 0 Å². The van der Waals surface area contributed by atoms with E-state index in [0.29, 0.717) is 5.92 Å². The second-order valence-corrected chi connectivity index (χ2v) is 5.71. The van der Waals surface area contributed by atoms with Gasteiger partial charge in [0.2, 0.25) is 0 Å². The Morgan fingerprint density at radius 1 is 0.708 bits per heavy atom. The van der Waals surface area contributed by atoms with Crippen molar-refractivity contribution in [2.75, 3.05) is 0 Å². The summed E-state index contributed by atoms with van der Waals surface area (Å²) in [5.41, 5.74) is 2.89. The molecule has 0 fully saturated rings. The van der Waals surface area contributed by atoms with E-state index in [4.69, 9.17) is 0 Å². The van der Waals surface area contributed by atoms with Crippen molar-refractivity contribution in [3.63, 3.8) is 0 Å². The summed E-state index contributed by atoms with van der Waals surface area (Å²) in [6.45, 7) is 10.7. The molecule has 3 aromatic carbocycles. The first-order valence-corrected chi connectivity index (χ1v) is 9.27. The lowest BCUT2D eigenvalue weighted by molar-refractivity contribution is 0.733. The summed E-state index contributed by atoms with van der Waals surface area (Å²) in [7, 11) is 0. The van der Waals surface area contributed by atoms with Crippen LogP contribution in [0.3, 0.4) is 0 Å². The molecule has 1 unspecified atom stereocenters. The van der Waals surface area contributed by atoms with E-state index in [1.54, 1.807) is 0 Å². The fraction of sp³-hybridized carbons (Fsp3) is 0.333. The molecule has 0 amide bonds. The number of aryl methyl sites for hydroxylation is 1. The van der Waals surface area contributed by atoms with Crippen molar-refractivity contribution in [3.05, 3.63) is 83.9 Å². The Morgan fingerprint density at radius 2 is 1.29 bits per heavy atom. The Kier molecular flexibility index (Phi) is 9.53. The minimum atomic E-state index is 0.709. The molecule has 0 heteroatoms. The standard InChI is InChI=1S/C12H12.C10H14.C2H6/c1-2-10-7-5-8-11-6-3-4-9-12(10)11;1-3-9(2)10-7-5-4-6-8-10;1-2/h3-9H,2H2,1H3;4-9H,3H2,1-2H3;1-2H3. The number of hydrogen-bond donors (Lipinski definition) is 0. The minimum Gasteiger partial charge on any atom is -0.0683 e. The highest BCUT2D eigenvalue weighted by atomic mass is 14.0. The van der Waals surface area contributed by atoms with Gasteiger partial charge in [-0.1, -0.05) is 107 Å². The van der Waals surface area contributed by atoms with Crippen LogP contribution in [-0.2, 0) is 6.42 Å². The lowest BCUT2D eigenvalue weighted by Crippen LogP contribution is -1.88. The molecule has 3 rings (SSSR count). The molecule has 0 saturated heterocycles. The molecule has 0 aliphatic heterocycles. The third-order valence-electron chi connectivity index (χ3n) is 4.24. The van der Waals surface area contributed by atoms with E-state index >= 15 is 0 Å². The summed E-state index contributed by atoms with van der Waals surface area (Å²) < 4.78 is 0. The molecule has 0 saturated carbocycles. The van der Waals surface area contributed by atoms with Gasteiger partial charge in [0.25, 0.3) is 0 Å². The van der Waals surface area contributed by atoms with Crippen LogP contribution in [0.2, 0.25) is 0 Å². The van der Waals surface area contributed by atoms with Gasteiger partial charge in [-0.2, -0.15) is 0 Å². The number of fused-ring (bicyclic) bond motifs is 1. The van der Waals surface area contributed by atoms with Crippen LogP contribution in [0.1, 0.15) is 58.1 Å². The Bertz CT molecular complexity index is 677. The van der Waals surface area contributed by atoms with Gasteiger partial charge in [0.05, 0.1) is 0 Å². The maximum Gasteiger partial charge on any atom is -0.0152 e. The summed E-state index contributed by atoms with van der Waals surface area (Å²) in [6, 6.07) is 25.7. The zero-order valence-corrected chi connectivity index (χ0v) is 15.9. The number of rotatable bonds is 3. The van der Waals surface area contributed by atoms with Crippen LogP contribution in [0.25, 0.3) is 10.8 Å².